The van der Waals surface area contributed by atoms with Crippen LogP contribution in [0.15, 0.2) is 30.3 Å². The van der Waals surface area contributed by atoms with E-state index in [1.807, 2.05) is 6.92 Å². The van der Waals surface area contributed by atoms with Crippen LogP contribution in [0.25, 0.3) is 0 Å². The Labute approximate surface area is 185 Å². The Morgan fingerprint density at radius 1 is 1.25 bits per heavy atom. The molecule has 1 N–H and O–H groups in total. The number of amides is 2. The number of halogens is 1. The van der Waals surface area contributed by atoms with Gasteiger partial charge in [0.05, 0.1) is 25.7 Å². The van der Waals surface area contributed by atoms with Crippen LogP contribution in [0, 0.1) is 18.7 Å². The number of benzene rings is 1. The van der Waals surface area contributed by atoms with Gasteiger partial charge in [0.25, 0.3) is 0 Å². The van der Waals surface area contributed by atoms with Crippen LogP contribution in [-0.2, 0) is 14.3 Å². The van der Waals surface area contributed by atoms with Gasteiger partial charge >= 0.3 is 0 Å². The Morgan fingerprint density at radius 2 is 2.00 bits per heavy atom. The highest BCUT2D eigenvalue weighted by Crippen LogP contribution is 2.25. The maximum atomic E-state index is 13.1. The zero-order chi connectivity index (χ0) is 22.5. The van der Waals surface area contributed by atoms with Crippen LogP contribution in [0.1, 0.15) is 12.2 Å². The average Bonchev–Trinajstić information content (AvgIpc) is 3.19. The third-order valence-electron chi connectivity index (χ3n) is 5.42. The number of ether oxygens (including phenoxy) is 2. The van der Waals surface area contributed by atoms with E-state index in [0.717, 1.165) is 18.9 Å². The number of anilines is 2. The van der Waals surface area contributed by atoms with E-state index in [1.165, 1.54) is 29.2 Å². The van der Waals surface area contributed by atoms with E-state index >= 15 is 0 Å². The quantitative estimate of drug-likeness (QED) is 0.645. The predicted molar refractivity (Wildman–Crippen MR) is 115 cm³/mol. The molecule has 2 aliphatic heterocycles. The topological polar surface area (TPSA) is 96.9 Å². The molecule has 2 saturated heterocycles. The maximum Gasteiger partial charge on any atom is 0.227 e. The molecule has 1 aromatic carbocycles. The molecular weight excluding hydrogens is 417 g/mol. The standard InChI is InChI=1S/C22H26FN5O4/c1-15-25-19(27-7-10-31-11-8-27)13-20(26-15)32-9-6-24-22(30)16-12-21(29)28(14-16)18-4-2-17(23)3-5-18/h2-5,13,16H,6-12,14H2,1H3,(H,24,30). The average molecular weight is 443 g/mol. The Bertz CT molecular complexity index is 965. The van der Waals surface area contributed by atoms with E-state index in [-0.39, 0.29) is 43.7 Å². The van der Waals surface area contributed by atoms with E-state index in [1.54, 1.807) is 6.07 Å². The number of aromatic nitrogens is 2. The second-order valence-electron chi connectivity index (χ2n) is 7.73. The van der Waals surface area contributed by atoms with E-state index in [0.29, 0.717) is 30.6 Å². The van der Waals surface area contributed by atoms with Gasteiger partial charge < -0.3 is 24.6 Å². The minimum absolute atomic E-state index is 0.123. The summed E-state index contributed by atoms with van der Waals surface area (Å²) < 4.78 is 24.2. The molecule has 0 aliphatic carbocycles. The smallest absolute Gasteiger partial charge is 0.227 e. The van der Waals surface area contributed by atoms with Gasteiger partial charge in [0.1, 0.15) is 24.1 Å². The highest BCUT2D eigenvalue weighted by molar-refractivity contribution is 6.00. The van der Waals surface area contributed by atoms with Crippen LogP contribution in [0.5, 0.6) is 5.88 Å². The van der Waals surface area contributed by atoms with E-state index in [2.05, 4.69) is 20.2 Å². The Morgan fingerprint density at radius 3 is 2.75 bits per heavy atom. The first-order valence-corrected chi connectivity index (χ1v) is 10.6. The monoisotopic (exact) mass is 443 g/mol. The van der Waals surface area contributed by atoms with E-state index < -0.39 is 5.92 Å². The lowest BCUT2D eigenvalue weighted by molar-refractivity contribution is -0.126. The molecule has 170 valence electrons. The lowest BCUT2D eigenvalue weighted by Crippen LogP contribution is -2.37. The third kappa shape index (κ3) is 5.31. The normalized spacial score (nSPS) is 18.7. The number of carbonyl (C=O) groups is 2. The zero-order valence-electron chi connectivity index (χ0n) is 17.9. The molecule has 0 radical (unpaired) electrons. The maximum absolute atomic E-state index is 13.1. The van der Waals surface area contributed by atoms with Gasteiger partial charge in [0.15, 0.2) is 0 Å². The molecule has 0 bridgehead atoms. The van der Waals surface area contributed by atoms with Crippen LogP contribution in [0.4, 0.5) is 15.9 Å². The van der Waals surface area contributed by atoms with Crippen molar-refractivity contribution in [2.45, 2.75) is 13.3 Å². The summed E-state index contributed by atoms with van der Waals surface area (Å²) in [6.07, 6.45) is 0.123. The molecule has 3 heterocycles. The summed E-state index contributed by atoms with van der Waals surface area (Å²) in [7, 11) is 0. The number of hydrogen-bond acceptors (Lipinski definition) is 7. The minimum Gasteiger partial charge on any atom is -0.476 e. The molecule has 32 heavy (non-hydrogen) atoms. The van der Waals surface area contributed by atoms with Crippen molar-refractivity contribution in [1.29, 1.82) is 0 Å². The van der Waals surface area contributed by atoms with Crippen LogP contribution in [0.2, 0.25) is 0 Å². The van der Waals surface area contributed by atoms with Gasteiger partial charge in [-0.1, -0.05) is 0 Å². The summed E-state index contributed by atoms with van der Waals surface area (Å²) in [6, 6.07) is 7.46. The Balaban J connectivity index is 1.25. The molecule has 2 amide bonds. The number of aryl methyl sites for hydroxylation is 1. The Hall–Kier alpha value is -3.27. The van der Waals surface area contributed by atoms with Crippen molar-refractivity contribution in [3.8, 4) is 5.88 Å². The SMILES string of the molecule is Cc1nc(OCCNC(=O)C2CC(=O)N(c3ccc(F)cc3)C2)cc(N2CCOCC2)n1. The van der Waals surface area contributed by atoms with Gasteiger partial charge in [-0.05, 0) is 31.2 Å². The van der Waals surface area contributed by atoms with Gasteiger partial charge in [-0.25, -0.2) is 9.37 Å². The summed E-state index contributed by atoms with van der Waals surface area (Å²) in [5.41, 5.74) is 0.588. The second kappa shape index (κ2) is 9.90. The molecule has 1 unspecified atom stereocenters. The van der Waals surface area contributed by atoms with Crippen LogP contribution in [-0.4, -0.2) is 67.8 Å². The second-order valence-corrected chi connectivity index (χ2v) is 7.73. The van der Waals surface area contributed by atoms with Crippen molar-refractivity contribution < 1.29 is 23.5 Å². The minimum atomic E-state index is -0.457. The number of hydrogen-bond donors (Lipinski definition) is 1. The predicted octanol–water partition coefficient (Wildman–Crippen LogP) is 1.31. The summed E-state index contributed by atoms with van der Waals surface area (Å²) in [4.78, 5) is 37.2. The fourth-order valence-corrected chi connectivity index (χ4v) is 3.78. The molecule has 10 heteroatoms. The largest absolute Gasteiger partial charge is 0.476 e. The van der Waals surface area contributed by atoms with Crippen LogP contribution >= 0.6 is 0 Å². The molecule has 1 atom stereocenters. The fraction of sp³-hybridized carbons (Fsp3) is 0.455. The van der Waals surface area contributed by atoms with Crippen molar-refractivity contribution >= 4 is 23.3 Å². The number of carbonyl (C=O) groups excluding carboxylic acids is 2. The molecule has 9 nitrogen and oxygen atoms in total. The molecule has 0 spiro atoms. The molecule has 2 aromatic rings. The first-order chi connectivity index (χ1) is 15.5. The summed E-state index contributed by atoms with van der Waals surface area (Å²) >= 11 is 0. The van der Waals surface area contributed by atoms with Gasteiger partial charge in [-0.2, -0.15) is 4.98 Å². The van der Waals surface area contributed by atoms with Gasteiger partial charge in [0, 0.05) is 37.8 Å². The highest BCUT2D eigenvalue weighted by atomic mass is 19.1. The van der Waals surface area contributed by atoms with Crippen LogP contribution in [0.3, 0.4) is 0 Å². The number of nitrogens with zero attached hydrogens (tertiary/aromatic N) is 4. The first-order valence-electron chi connectivity index (χ1n) is 10.6. The number of nitrogens with one attached hydrogen (secondary N) is 1. The first kappa shape index (κ1) is 21.9. The zero-order valence-corrected chi connectivity index (χ0v) is 17.9. The van der Waals surface area contributed by atoms with Crippen molar-refractivity contribution in [1.82, 2.24) is 15.3 Å². The van der Waals surface area contributed by atoms with Gasteiger partial charge in [-0.3, -0.25) is 9.59 Å². The summed E-state index contributed by atoms with van der Waals surface area (Å²) in [6.45, 7) is 5.46. The fourth-order valence-electron chi connectivity index (χ4n) is 3.78. The number of rotatable bonds is 7. The van der Waals surface area contributed by atoms with E-state index in [4.69, 9.17) is 9.47 Å². The van der Waals surface area contributed by atoms with Crippen LogP contribution < -0.4 is 19.9 Å². The molecule has 0 saturated carbocycles. The summed E-state index contributed by atoms with van der Waals surface area (Å²) in [5.74, 6) is 0.669. The van der Waals surface area contributed by atoms with Crippen molar-refractivity contribution in [3.05, 3.63) is 42.0 Å². The highest BCUT2D eigenvalue weighted by Gasteiger charge is 2.35. The lowest BCUT2D eigenvalue weighted by atomic mass is 10.1. The van der Waals surface area contributed by atoms with Gasteiger partial charge in [-0.15, -0.1) is 0 Å². The van der Waals surface area contributed by atoms with Gasteiger partial charge in [0.2, 0.25) is 17.7 Å². The number of morpholine rings is 1. The summed E-state index contributed by atoms with van der Waals surface area (Å²) in [5, 5.41) is 2.82. The molecule has 1 aromatic heterocycles. The van der Waals surface area contributed by atoms with E-state index in [9.17, 15) is 14.0 Å². The third-order valence-corrected chi connectivity index (χ3v) is 5.42. The molecule has 4 rings (SSSR count). The van der Waals surface area contributed by atoms with Crippen molar-refractivity contribution in [3.63, 3.8) is 0 Å². The van der Waals surface area contributed by atoms with Crippen molar-refractivity contribution in [2.75, 3.05) is 55.8 Å². The Kier molecular flexibility index (Phi) is 6.79. The lowest BCUT2D eigenvalue weighted by Gasteiger charge is -2.28. The van der Waals surface area contributed by atoms with Crippen molar-refractivity contribution in [2.24, 2.45) is 5.92 Å². The molecular formula is C22H26FN5O4. The molecule has 2 fully saturated rings. The molecule has 2 aliphatic rings.